The van der Waals surface area contributed by atoms with Gasteiger partial charge in [0.15, 0.2) is 0 Å². The largest absolute Gasteiger partial charge is 0.339 e. The average Bonchev–Trinajstić information content (AvgIpc) is 2.03. The molecule has 0 heterocycles. The van der Waals surface area contributed by atoms with E-state index in [1.807, 2.05) is 24.3 Å². The first-order valence-corrected chi connectivity index (χ1v) is 4.52. The fourth-order valence-electron chi connectivity index (χ4n) is 0.807. The third-order valence-corrected chi connectivity index (χ3v) is 1.78. The molecule has 0 fully saturated rings. The first-order chi connectivity index (χ1) is 6.18. The van der Waals surface area contributed by atoms with Gasteiger partial charge in [0.2, 0.25) is 0 Å². The molecule has 0 atom stereocenters. The molecule has 1 aromatic rings. The van der Waals surface area contributed by atoms with Crippen LogP contribution in [-0.2, 0) is 21.2 Å². The maximum absolute atomic E-state index is 10.3. The van der Waals surface area contributed by atoms with Crippen molar-refractivity contribution >= 4 is 21.9 Å². The van der Waals surface area contributed by atoms with Crippen LogP contribution < -0.4 is 0 Å². The number of hydrogen-bond donors (Lipinski definition) is 0. The fourth-order valence-corrected chi connectivity index (χ4v) is 1.25. The second-order valence-electron chi connectivity index (χ2n) is 2.47. The highest BCUT2D eigenvalue weighted by Gasteiger charge is 1.96. The van der Waals surface area contributed by atoms with E-state index in [0.29, 0.717) is 0 Å². The van der Waals surface area contributed by atoms with Crippen LogP contribution in [0.1, 0.15) is 12.5 Å². The lowest BCUT2D eigenvalue weighted by molar-refractivity contribution is -0.277. The molecule has 0 saturated carbocycles. The lowest BCUT2D eigenvalue weighted by Crippen LogP contribution is -2.00. The Hall–Kier alpha value is -0.870. The van der Waals surface area contributed by atoms with Crippen molar-refractivity contribution in [2.75, 3.05) is 0 Å². The van der Waals surface area contributed by atoms with Gasteiger partial charge in [0.25, 0.3) is 0 Å². The van der Waals surface area contributed by atoms with Crippen LogP contribution in [-0.4, -0.2) is 5.97 Å². The first-order valence-electron chi connectivity index (χ1n) is 3.73. The van der Waals surface area contributed by atoms with E-state index in [0.717, 1.165) is 10.0 Å². The smallest absolute Gasteiger partial charge is 0.298 e. The van der Waals surface area contributed by atoms with Crippen LogP contribution in [0.3, 0.4) is 0 Å². The number of rotatable bonds is 3. The Balaban J connectivity index is 2.41. The Morgan fingerprint density at radius 2 is 2.31 bits per heavy atom. The van der Waals surface area contributed by atoms with Gasteiger partial charge >= 0.3 is 5.97 Å². The van der Waals surface area contributed by atoms with Crippen molar-refractivity contribution in [1.29, 1.82) is 0 Å². The Kier molecular flexibility index (Phi) is 3.92. The molecule has 0 saturated heterocycles. The van der Waals surface area contributed by atoms with Crippen LogP contribution in [0.15, 0.2) is 28.7 Å². The summed E-state index contributed by atoms with van der Waals surface area (Å²) >= 11 is 3.32. The average molecular weight is 245 g/mol. The third kappa shape index (κ3) is 4.05. The number of carbonyl (C=O) groups excluding carboxylic acids is 1. The lowest BCUT2D eigenvalue weighted by Gasteiger charge is -2.01. The van der Waals surface area contributed by atoms with E-state index >= 15 is 0 Å². The lowest BCUT2D eigenvalue weighted by atomic mass is 10.2. The van der Waals surface area contributed by atoms with Crippen LogP contribution in [0, 0.1) is 0 Å². The van der Waals surface area contributed by atoms with Gasteiger partial charge in [-0.15, -0.1) is 0 Å². The van der Waals surface area contributed by atoms with Crippen molar-refractivity contribution < 1.29 is 14.6 Å². The summed E-state index contributed by atoms with van der Waals surface area (Å²) in [6.45, 7) is 1.56. The van der Waals surface area contributed by atoms with Gasteiger partial charge in [-0.05, 0) is 17.7 Å². The minimum atomic E-state index is -0.449. The van der Waals surface area contributed by atoms with E-state index in [1.165, 1.54) is 6.92 Å². The molecule has 13 heavy (non-hydrogen) atoms. The summed E-state index contributed by atoms with van der Waals surface area (Å²) in [5.41, 5.74) is 0.940. The molecule has 70 valence electrons. The van der Waals surface area contributed by atoms with Crippen molar-refractivity contribution in [2.24, 2.45) is 0 Å². The molecule has 0 N–H and O–H groups in total. The van der Waals surface area contributed by atoms with Crippen molar-refractivity contribution in [3.63, 3.8) is 0 Å². The van der Waals surface area contributed by atoms with Crippen LogP contribution in [0.2, 0.25) is 0 Å². The molecule has 0 radical (unpaired) electrons. The van der Waals surface area contributed by atoms with Gasteiger partial charge in [0.1, 0.15) is 6.61 Å². The molecule has 0 aliphatic carbocycles. The van der Waals surface area contributed by atoms with Gasteiger partial charge < -0.3 is 0 Å². The molecule has 0 aromatic heterocycles. The molecular formula is C9H9BrO3. The second-order valence-corrected chi connectivity index (χ2v) is 3.38. The van der Waals surface area contributed by atoms with Gasteiger partial charge in [-0.3, -0.25) is 4.89 Å². The van der Waals surface area contributed by atoms with Crippen molar-refractivity contribution in [1.82, 2.24) is 0 Å². The second kappa shape index (κ2) is 4.99. The minimum Gasteiger partial charge on any atom is -0.298 e. The summed E-state index contributed by atoms with van der Waals surface area (Å²) in [6, 6.07) is 7.57. The fraction of sp³-hybridized carbons (Fsp3) is 0.222. The summed E-state index contributed by atoms with van der Waals surface area (Å²) in [5.74, 6) is -0.449. The van der Waals surface area contributed by atoms with Crippen LogP contribution >= 0.6 is 15.9 Å². The summed E-state index contributed by atoms with van der Waals surface area (Å²) in [6.07, 6.45) is 0. The SMILES string of the molecule is CC(=O)OOCc1cccc(Br)c1. The molecule has 1 aromatic carbocycles. The zero-order valence-electron chi connectivity index (χ0n) is 7.12. The normalized spacial score (nSPS) is 9.69. The summed E-state index contributed by atoms with van der Waals surface area (Å²) in [5, 5.41) is 0. The Bertz CT molecular complexity index is 299. The summed E-state index contributed by atoms with van der Waals surface area (Å²) in [7, 11) is 0. The van der Waals surface area contributed by atoms with E-state index in [1.54, 1.807) is 0 Å². The highest BCUT2D eigenvalue weighted by atomic mass is 79.9. The van der Waals surface area contributed by atoms with Gasteiger partial charge in [-0.25, -0.2) is 4.79 Å². The number of carbonyl (C=O) groups is 1. The molecule has 0 bridgehead atoms. The number of halogens is 1. The van der Waals surface area contributed by atoms with Gasteiger partial charge in [0.05, 0.1) is 0 Å². The van der Waals surface area contributed by atoms with Crippen LogP contribution in [0.25, 0.3) is 0 Å². The van der Waals surface area contributed by atoms with E-state index in [-0.39, 0.29) is 6.61 Å². The quantitative estimate of drug-likeness (QED) is 0.606. The van der Waals surface area contributed by atoms with Crippen molar-refractivity contribution in [3.8, 4) is 0 Å². The minimum absolute atomic E-state index is 0.263. The van der Waals surface area contributed by atoms with Crippen LogP contribution in [0.4, 0.5) is 0 Å². The van der Waals surface area contributed by atoms with E-state index in [4.69, 9.17) is 0 Å². The first kappa shape index (κ1) is 10.2. The standard InChI is InChI=1S/C9H9BrO3/c1-7(11)13-12-6-8-3-2-4-9(10)5-8/h2-5H,6H2,1H3. The molecule has 0 amide bonds. The maximum Gasteiger partial charge on any atom is 0.339 e. The van der Waals surface area contributed by atoms with Gasteiger partial charge in [0, 0.05) is 11.4 Å². The van der Waals surface area contributed by atoms with Gasteiger partial charge in [-0.2, -0.15) is 4.89 Å². The topological polar surface area (TPSA) is 35.5 Å². The zero-order valence-corrected chi connectivity index (χ0v) is 8.71. The molecule has 0 aliphatic rings. The molecule has 0 unspecified atom stereocenters. The number of hydrogen-bond acceptors (Lipinski definition) is 3. The number of benzene rings is 1. The summed E-state index contributed by atoms with van der Waals surface area (Å²) in [4.78, 5) is 19.3. The maximum atomic E-state index is 10.3. The Morgan fingerprint density at radius 1 is 1.54 bits per heavy atom. The molecule has 1 rings (SSSR count). The van der Waals surface area contributed by atoms with E-state index in [9.17, 15) is 4.79 Å². The highest BCUT2D eigenvalue weighted by Crippen LogP contribution is 2.12. The van der Waals surface area contributed by atoms with E-state index < -0.39 is 5.97 Å². The highest BCUT2D eigenvalue weighted by molar-refractivity contribution is 9.10. The molecule has 0 spiro atoms. The third-order valence-electron chi connectivity index (χ3n) is 1.29. The van der Waals surface area contributed by atoms with Gasteiger partial charge in [-0.1, -0.05) is 28.1 Å². The van der Waals surface area contributed by atoms with Crippen molar-refractivity contribution in [3.05, 3.63) is 34.3 Å². The van der Waals surface area contributed by atoms with Crippen molar-refractivity contribution in [2.45, 2.75) is 13.5 Å². The predicted octanol–water partition coefficient (Wildman–Crippen LogP) is 2.44. The van der Waals surface area contributed by atoms with E-state index in [2.05, 4.69) is 25.7 Å². The Morgan fingerprint density at radius 3 is 2.92 bits per heavy atom. The molecule has 4 heteroatoms. The molecule has 3 nitrogen and oxygen atoms in total. The zero-order chi connectivity index (χ0) is 9.68. The predicted molar refractivity (Wildman–Crippen MR) is 50.7 cm³/mol. The summed E-state index contributed by atoms with van der Waals surface area (Å²) < 4.78 is 0.969. The molecular weight excluding hydrogens is 236 g/mol. The molecule has 0 aliphatic heterocycles. The van der Waals surface area contributed by atoms with Crippen LogP contribution in [0.5, 0.6) is 0 Å². The monoisotopic (exact) mass is 244 g/mol. The Labute approximate surface area is 84.7 Å².